The average Bonchev–Trinajstić information content (AvgIpc) is 2.54. The highest BCUT2D eigenvalue weighted by Gasteiger charge is 2.18. The molecule has 1 N–H and O–H groups in total. The molecule has 24 heavy (non-hydrogen) atoms. The Hall–Kier alpha value is -1.85. The molecule has 1 unspecified atom stereocenters. The Morgan fingerprint density at radius 2 is 1.75 bits per heavy atom. The predicted octanol–water partition coefficient (Wildman–Crippen LogP) is 3.69. The second kappa shape index (κ2) is 7.81. The first-order valence-corrected chi connectivity index (χ1v) is 9.66. The summed E-state index contributed by atoms with van der Waals surface area (Å²) >= 11 is 5.76. The van der Waals surface area contributed by atoms with Crippen LogP contribution in [0, 0.1) is 6.92 Å². The highest BCUT2D eigenvalue weighted by atomic mass is 35.5. The van der Waals surface area contributed by atoms with Gasteiger partial charge in [-0.25, -0.2) is 8.42 Å². The van der Waals surface area contributed by atoms with E-state index < -0.39 is 9.84 Å². The van der Waals surface area contributed by atoms with Crippen molar-refractivity contribution in [3.63, 3.8) is 0 Å². The predicted molar refractivity (Wildman–Crippen MR) is 95.9 cm³/mol. The molecule has 0 aliphatic heterocycles. The third-order valence-corrected chi connectivity index (χ3v) is 5.79. The van der Waals surface area contributed by atoms with Gasteiger partial charge >= 0.3 is 0 Å². The van der Waals surface area contributed by atoms with Crippen molar-refractivity contribution in [3.05, 3.63) is 64.7 Å². The fraction of sp³-hybridized carbons (Fsp3) is 0.278. The van der Waals surface area contributed by atoms with Gasteiger partial charge in [0.1, 0.15) is 0 Å². The van der Waals surface area contributed by atoms with Crippen LogP contribution in [0.3, 0.4) is 0 Å². The van der Waals surface area contributed by atoms with Gasteiger partial charge in [-0.3, -0.25) is 4.79 Å². The fourth-order valence-electron chi connectivity index (χ4n) is 2.45. The van der Waals surface area contributed by atoms with Gasteiger partial charge in [-0.05, 0) is 49.2 Å². The van der Waals surface area contributed by atoms with Crippen molar-refractivity contribution >= 4 is 27.3 Å². The highest BCUT2D eigenvalue weighted by molar-refractivity contribution is 7.91. The number of nitrogens with one attached hydrogen (secondary N) is 1. The minimum atomic E-state index is -3.50. The molecule has 1 amide bonds. The Bertz CT molecular complexity index is 816. The van der Waals surface area contributed by atoms with E-state index in [9.17, 15) is 13.2 Å². The number of hydrogen-bond acceptors (Lipinski definition) is 3. The molecule has 0 spiro atoms. The van der Waals surface area contributed by atoms with Crippen molar-refractivity contribution in [2.75, 3.05) is 5.75 Å². The van der Waals surface area contributed by atoms with E-state index in [4.69, 9.17) is 11.6 Å². The summed E-state index contributed by atoms with van der Waals surface area (Å²) in [6.45, 7) is 3.86. The third-order valence-electron chi connectivity index (χ3n) is 3.80. The number of halogens is 1. The van der Waals surface area contributed by atoms with Gasteiger partial charge in [0, 0.05) is 11.4 Å². The molecule has 4 nitrogen and oxygen atoms in total. The lowest BCUT2D eigenvalue weighted by Gasteiger charge is -2.16. The van der Waals surface area contributed by atoms with Crippen LogP contribution in [0.5, 0.6) is 0 Å². The number of amides is 1. The summed E-state index contributed by atoms with van der Waals surface area (Å²) in [5, 5.41) is 3.32. The van der Waals surface area contributed by atoms with Gasteiger partial charge in [0.05, 0.1) is 16.7 Å². The van der Waals surface area contributed by atoms with Crippen LogP contribution in [0.15, 0.2) is 53.4 Å². The van der Waals surface area contributed by atoms with Gasteiger partial charge in [-0.15, -0.1) is 0 Å². The lowest BCUT2D eigenvalue weighted by molar-refractivity contribution is -0.121. The van der Waals surface area contributed by atoms with Crippen molar-refractivity contribution in [1.82, 2.24) is 5.32 Å². The minimum Gasteiger partial charge on any atom is -0.350 e. The SMILES string of the molecule is Cc1ccccc1C(C)NC(=O)CCS(=O)(=O)c1ccc(Cl)cc1. The van der Waals surface area contributed by atoms with Crippen LogP contribution in [-0.2, 0) is 14.6 Å². The van der Waals surface area contributed by atoms with Crippen LogP contribution in [-0.4, -0.2) is 20.1 Å². The zero-order valence-electron chi connectivity index (χ0n) is 13.6. The second-order valence-electron chi connectivity index (χ2n) is 5.67. The third kappa shape index (κ3) is 4.82. The van der Waals surface area contributed by atoms with Gasteiger partial charge in [-0.2, -0.15) is 0 Å². The van der Waals surface area contributed by atoms with Crippen molar-refractivity contribution in [2.45, 2.75) is 31.2 Å². The van der Waals surface area contributed by atoms with Crippen molar-refractivity contribution in [2.24, 2.45) is 0 Å². The second-order valence-corrected chi connectivity index (χ2v) is 8.21. The largest absolute Gasteiger partial charge is 0.350 e. The molecule has 0 fully saturated rings. The smallest absolute Gasteiger partial charge is 0.221 e. The van der Waals surface area contributed by atoms with Gasteiger partial charge < -0.3 is 5.32 Å². The molecular weight excluding hydrogens is 346 g/mol. The summed E-state index contributed by atoms with van der Waals surface area (Å²) in [5.41, 5.74) is 2.10. The van der Waals surface area contributed by atoms with Gasteiger partial charge in [0.25, 0.3) is 0 Å². The fourth-order valence-corrected chi connectivity index (χ4v) is 3.82. The first-order chi connectivity index (χ1) is 11.3. The molecule has 0 aromatic heterocycles. The molecule has 2 aromatic rings. The number of benzene rings is 2. The van der Waals surface area contributed by atoms with E-state index in [1.807, 2.05) is 38.1 Å². The highest BCUT2D eigenvalue weighted by Crippen LogP contribution is 2.18. The van der Waals surface area contributed by atoms with E-state index in [-0.39, 0.29) is 29.0 Å². The Balaban J connectivity index is 1.95. The topological polar surface area (TPSA) is 63.2 Å². The van der Waals surface area contributed by atoms with Gasteiger partial charge in [0.2, 0.25) is 5.91 Å². The summed E-state index contributed by atoms with van der Waals surface area (Å²) < 4.78 is 24.5. The molecule has 6 heteroatoms. The van der Waals surface area contributed by atoms with E-state index in [2.05, 4.69) is 5.32 Å². The maximum Gasteiger partial charge on any atom is 0.221 e. The quantitative estimate of drug-likeness (QED) is 0.849. The summed E-state index contributed by atoms with van der Waals surface area (Å²) in [5.74, 6) is -0.524. The zero-order valence-corrected chi connectivity index (χ0v) is 15.2. The van der Waals surface area contributed by atoms with Crippen LogP contribution in [0.2, 0.25) is 5.02 Å². The summed E-state index contributed by atoms with van der Waals surface area (Å²) in [6.07, 6.45) is -0.0822. The zero-order chi connectivity index (χ0) is 17.7. The standard InChI is InChI=1S/C18H20ClNO3S/c1-13-5-3-4-6-17(13)14(2)20-18(21)11-12-24(22,23)16-9-7-15(19)8-10-16/h3-10,14H,11-12H2,1-2H3,(H,20,21). The summed E-state index contributed by atoms with van der Waals surface area (Å²) in [4.78, 5) is 12.2. The van der Waals surface area contributed by atoms with Crippen LogP contribution < -0.4 is 5.32 Å². The van der Waals surface area contributed by atoms with E-state index in [1.54, 1.807) is 0 Å². The molecule has 0 aliphatic rings. The monoisotopic (exact) mass is 365 g/mol. The Morgan fingerprint density at radius 3 is 2.38 bits per heavy atom. The summed E-state index contributed by atoms with van der Waals surface area (Å²) in [7, 11) is -3.50. The molecule has 0 saturated carbocycles. The molecule has 0 radical (unpaired) electrons. The van der Waals surface area contributed by atoms with E-state index in [0.717, 1.165) is 11.1 Å². The number of rotatable bonds is 6. The maximum absolute atomic E-state index is 12.2. The van der Waals surface area contributed by atoms with Crippen molar-refractivity contribution < 1.29 is 13.2 Å². The number of carbonyl (C=O) groups is 1. The van der Waals surface area contributed by atoms with Crippen molar-refractivity contribution in [3.8, 4) is 0 Å². The molecule has 0 bridgehead atoms. The van der Waals surface area contributed by atoms with E-state index in [0.29, 0.717) is 5.02 Å². The first kappa shape index (κ1) is 18.5. The van der Waals surface area contributed by atoms with Crippen LogP contribution >= 0.6 is 11.6 Å². The van der Waals surface area contributed by atoms with Crippen LogP contribution in [0.1, 0.15) is 30.5 Å². The average molecular weight is 366 g/mol. The normalized spacial score (nSPS) is 12.6. The van der Waals surface area contributed by atoms with Gasteiger partial charge in [0.15, 0.2) is 9.84 Å². The first-order valence-electron chi connectivity index (χ1n) is 7.63. The maximum atomic E-state index is 12.2. The Kier molecular flexibility index (Phi) is 6.02. The molecular formula is C18H20ClNO3S. The lowest BCUT2D eigenvalue weighted by atomic mass is 10.0. The molecule has 2 rings (SSSR count). The molecule has 0 aliphatic carbocycles. The Labute approximate surface area is 147 Å². The molecule has 0 heterocycles. The molecule has 2 aromatic carbocycles. The molecule has 1 atom stereocenters. The van der Waals surface area contributed by atoms with Crippen molar-refractivity contribution in [1.29, 1.82) is 0 Å². The number of aryl methyl sites for hydroxylation is 1. The Morgan fingerprint density at radius 1 is 1.12 bits per heavy atom. The summed E-state index contributed by atoms with van der Waals surface area (Å²) in [6, 6.07) is 13.5. The number of hydrogen-bond donors (Lipinski definition) is 1. The molecule has 0 saturated heterocycles. The lowest BCUT2D eigenvalue weighted by Crippen LogP contribution is -2.28. The van der Waals surface area contributed by atoms with Gasteiger partial charge in [-0.1, -0.05) is 35.9 Å². The number of carbonyl (C=O) groups excluding carboxylic acids is 1. The number of sulfone groups is 1. The van der Waals surface area contributed by atoms with E-state index >= 15 is 0 Å². The molecule has 128 valence electrons. The van der Waals surface area contributed by atoms with Crippen LogP contribution in [0.25, 0.3) is 0 Å². The minimum absolute atomic E-state index is 0.0822. The van der Waals surface area contributed by atoms with E-state index in [1.165, 1.54) is 24.3 Å². The van der Waals surface area contributed by atoms with Crippen LogP contribution in [0.4, 0.5) is 0 Å².